The van der Waals surface area contributed by atoms with Gasteiger partial charge in [-0.05, 0) is 44.2 Å². The zero-order valence-corrected chi connectivity index (χ0v) is 13.1. The Labute approximate surface area is 121 Å². The van der Waals surface area contributed by atoms with Gasteiger partial charge in [0.05, 0.1) is 0 Å². The Morgan fingerprint density at radius 3 is 2.44 bits per heavy atom. The first-order valence-corrected chi connectivity index (χ1v) is 8.97. The van der Waals surface area contributed by atoms with Crippen LogP contribution in [0, 0.1) is 0 Å². The van der Waals surface area contributed by atoms with E-state index in [9.17, 15) is 0 Å². The quantitative estimate of drug-likeness (QED) is 0.773. The molecule has 104 valence electrons. The minimum absolute atomic E-state index is 0.443. The van der Waals surface area contributed by atoms with E-state index in [0.717, 1.165) is 11.7 Å². The van der Waals surface area contributed by atoms with Gasteiger partial charge in [0.1, 0.15) is 0 Å². The van der Waals surface area contributed by atoms with Crippen LogP contribution in [0.15, 0.2) is 0 Å². The first-order chi connectivity index (χ1) is 8.74. The molecule has 2 aliphatic rings. The van der Waals surface area contributed by atoms with Crippen LogP contribution in [0.25, 0.3) is 0 Å². The van der Waals surface area contributed by atoms with Crippen LogP contribution in [-0.4, -0.2) is 28.7 Å². The van der Waals surface area contributed by atoms with E-state index >= 15 is 0 Å². The van der Waals surface area contributed by atoms with Crippen molar-refractivity contribution in [3.63, 3.8) is 0 Å². The second-order valence-electron chi connectivity index (χ2n) is 5.76. The Balaban J connectivity index is 1.70. The van der Waals surface area contributed by atoms with E-state index in [4.69, 9.17) is 12.2 Å². The van der Waals surface area contributed by atoms with Gasteiger partial charge in [0, 0.05) is 17.3 Å². The summed E-state index contributed by atoms with van der Waals surface area (Å²) in [6.45, 7) is 1.03. The van der Waals surface area contributed by atoms with Crippen molar-refractivity contribution >= 4 is 29.1 Å². The lowest BCUT2D eigenvalue weighted by molar-refractivity contribution is 0.411. The van der Waals surface area contributed by atoms with Crippen molar-refractivity contribution in [1.82, 2.24) is 10.6 Å². The molecule has 18 heavy (non-hydrogen) atoms. The molecule has 2 aliphatic carbocycles. The van der Waals surface area contributed by atoms with Gasteiger partial charge in [0.15, 0.2) is 5.11 Å². The normalized spacial score (nSPS) is 23.8. The molecule has 4 heteroatoms. The molecular weight excluding hydrogens is 260 g/mol. The topological polar surface area (TPSA) is 24.1 Å². The maximum atomic E-state index is 5.44. The number of thioether (sulfide) groups is 1. The van der Waals surface area contributed by atoms with Gasteiger partial charge in [0.25, 0.3) is 0 Å². The minimum atomic E-state index is 0.443. The van der Waals surface area contributed by atoms with Crippen LogP contribution < -0.4 is 10.6 Å². The van der Waals surface area contributed by atoms with Crippen molar-refractivity contribution in [1.29, 1.82) is 0 Å². The van der Waals surface area contributed by atoms with E-state index in [0.29, 0.717) is 10.8 Å². The highest BCUT2D eigenvalue weighted by atomic mass is 32.2. The number of hydrogen-bond acceptors (Lipinski definition) is 2. The number of nitrogens with one attached hydrogen (secondary N) is 2. The van der Waals surface area contributed by atoms with Gasteiger partial charge in [0.2, 0.25) is 0 Å². The van der Waals surface area contributed by atoms with E-state index < -0.39 is 0 Å². The largest absolute Gasteiger partial charge is 0.361 e. The molecular formula is C14H26N2S2. The summed E-state index contributed by atoms with van der Waals surface area (Å²) in [5.41, 5.74) is 0. The third-order valence-electron chi connectivity index (χ3n) is 4.46. The standard InChI is InChI=1S/C14H26N2S2/c1-18-14(9-5-6-10-14)11-15-13(17)16-12-7-3-2-4-8-12/h12H,2-11H2,1H3,(H2,15,16,17). The molecule has 0 aliphatic heterocycles. The fourth-order valence-corrected chi connectivity index (χ4v) is 4.35. The second-order valence-corrected chi connectivity index (χ2v) is 7.44. The Bertz CT molecular complexity index is 269. The van der Waals surface area contributed by atoms with Crippen LogP contribution in [0.3, 0.4) is 0 Å². The molecule has 0 aromatic carbocycles. The first kappa shape index (κ1) is 14.4. The molecule has 2 N–H and O–H groups in total. The van der Waals surface area contributed by atoms with E-state index in [-0.39, 0.29) is 0 Å². The van der Waals surface area contributed by atoms with Crippen molar-refractivity contribution < 1.29 is 0 Å². The molecule has 2 nitrogen and oxygen atoms in total. The fraction of sp³-hybridized carbons (Fsp3) is 0.929. The second kappa shape index (κ2) is 6.99. The molecule has 2 saturated carbocycles. The monoisotopic (exact) mass is 286 g/mol. The van der Waals surface area contributed by atoms with Crippen molar-refractivity contribution in [3.8, 4) is 0 Å². The average molecular weight is 287 g/mol. The zero-order valence-electron chi connectivity index (χ0n) is 11.5. The van der Waals surface area contributed by atoms with Gasteiger partial charge in [-0.2, -0.15) is 11.8 Å². The van der Waals surface area contributed by atoms with Crippen LogP contribution in [0.5, 0.6) is 0 Å². The van der Waals surface area contributed by atoms with Crippen molar-refractivity contribution in [2.75, 3.05) is 12.8 Å². The molecule has 0 bridgehead atoms. The summed E-state index contributed by atoms with van der Waals surface area (Å²) < 4.78 is 0.443. The number of rotatable bonds is 4. The molecule has 0 radical (unpaired) electrons. The summed E-state index contributed by atoms with van der Waals surface area (Å²) in [6, 6.07) is 0.618. The summed E-state index contributed by atoms with van der Waals surface area (Å²) in [7, 11) is 0. The molecule has 2 fully saturated rings. The lowest BCUT2D eigenvalue weighted by Gasteiger charge is -2.29. The van der Waals surface area contributed by atoms with Crippen molar-refractivity contribution in [2.45, 2.75) is 68.6 Å². The first-order valence-electron chi connectivity index (χ1n) is 7.34. The lowest BCUT2D eigenvalue weighted by Crippen LogP contribution is -2.47. The van der Waals surface area contributed by atoms with Crippen molar-refractivity contribution in [2.24, 2.45) is 0 Å². The minimum Gasteiger partial charge on any atom is -0.361 e. The summed E-state index contributed by atoms with van der Waals surface area (Å²) in [5, 5.41) is 7.84. The molecule has 0 aromatic heterocycles. The lowest BCUT2D eigenvalue weighted by atomic mass is 9.96. The fourth-order valence-electron chi connectivity index (χ4n) is 3.20. The van der Waals surface area contributed by atoms with E-state index in [1.807, 2.05) is 11.8 Å². The molecule has 0 heterocycles. The Kier molecular flexibility index (Phi) is 5.61. The van der Waals surface area contributed by atoms with Crippen LogP contribution in [-0.2, 0) is 0 Å². The van der Waals surface area contributed by atoms with Gasteiger partial charge >= 0.3 is 0 Å². The summed E-state index contributed by atoms with van der Waals surface area (Å²) in [4.78, 5) is 0. The molecule has 0 unspecified atom stereocenters. The van der Waals surface area contributed by atoms with E-state index in [2.05, 4.69) is 16.9 Å². The molecule has 0 saturated heterocycles. The third-order valence-corrected chi connectivity index (χ3v) is 6.14. The van der Waals surface area contributed by atoms with Gasteiger partial charge in [-0.25, -0.2) is 0 Å². The van der Waals surface area contributed by atoms with Gasteiger partial charge in [-0.3, -0.25) is 0 Å². The highest BCUT2D eigenvalue weighted by molar-refractivity contribution is 8.00. The molecule has 0 aromatic rings. The van der Waals surface area contributed by atoms with E-state index in [1.54, 1.807) is 0 Å². The van der Waals surface area contributed by atoms with Crippen LogP contribution in [0.2, 0.25) is 0 Å². The highest BCUT2D eigenvalue weighted by Crippen LogP contribution is 2.39. The van der Waals surface area contributed by atoms with Gasteiger partial charge < -0.3 is 10.6 Å². The van der Waals surface area contributed by atoms with E-state index in [1.165, 1.54) is 57.8 Å². The Morgan fingerprint density at radius 2 is 1.83 bits per heavy atom. The van der Waals surface area contributed by atoms with Crippen LogP contribution in [0.1, 0.15) is 57.8 Å². The predicted molar refractivity (Wildman–Crippen MR) is 85.3 cm³/mol. The van der Waals surface area contributed by atoms with Crippen molar-refractivity contribution in [3.05, 3.63) is 0 Å². The summed E-state index contributed by atoms with van der Waals surface area (Å²) in [5.74, 6) is 0. The maximum Gasteiger partial charge on any atom is 0.166 e. The van der Waals surface area contributed by atoms with Crippen LogP contribution in [0.4, 0.5) is 0 Å². The van der Waals surface area contributed by atoms with Gasteiger partial charge in [-0.1, -0.05) is 32.1 Å². The third kappa shape index (κ3) is 4.02. The predicted octanol–water partition coefficient (Wildman–Crippen LogP) is 3.46. The van der Waals surface area contributed by atoms with Crippen LogP contribution >= 0.6 is 24.0 Å². The smallest absolute Gasteiger partial charge is 0.166 e. The maximum absolute atomic E-state index is 5.44. The molecule has 0 amide bonds. The number of thiocarbonyl (C=S) groups is 1. The Hall–Kier alpha value is 0.0400. The summed E-state index contributed by atoms with van der Waals surface area (Å²) >= 11 is 7.45. The van der Waals surface area contributed by atoms with Gasteiger partial charge in [-0.15, -0.1) is 0 Å². The molecule has 0 atom stereocenters. The Morgan fingerprint density at radius 1 is 1.17 bits per heavy atom. The summed E-state index contributed by atoms with van der Waals surface area (Å²) in [6.07, 6.45) is 14.4. The molecule has 2 rings (SSSR count). The number of hydrogen-bond donors (Lipinski definition) is 2. The highest BCUT2D eigenvalue weighted by Gasteiger charge is 2.32. The molecule has 0 spiro atoms. The SMILES string of the molecule is CSC1(CNC(=S)NC2CCCCC2)CCCC1. The zero-order chi connectivity index (χ0) is 12.8. The average Bonchev–Trinajstić information content (AvgIpc) is 2.87.